The number of aromatic nitrogens is 2. The van der Waals surface area contributed by atoms with Crippen LogP contribution in [0.15, 0.2) is 42.6 Å². The van der Waals surface area contributed by atoms with Crippen molar-refractivity contribution in [3.8, 4) is 5.69 Å². The quantitative estimate of drug-likeness (QED) is 0.677. The van der Waals surface area contributed by atoms with Crippen LogP contribution in [-0.4, -0.2) is 33.7 Å². The molecule has 7 heteroatoms. The Bertz CT molecular complexity index is 970. The van der Waals surface area contributed by atoms with Crippen LogP contribution in [-0.2, 0) is 16.1 Å². The number of ether oxygens (including phenoxy) is 1. The van der Waals surface area contributed by atoms with Crippen LogP contribution in [0.2, 0.25) is 0 Å². The number of esters is 1. The molecule has 0 radical (unpaired) electrons. The number of amides is 1. The number of hydrogen-bond acceptors (Lipinski definition) is 3. The molecule has 0 unspecified atom stereocenters. The third-order valence-electron chi connectivity index (χ3n) is 4.10. The molecule has 0 saturated carbocycles. The lowest BCUT2D eigenvalue weighted by Crippen LogP contribution is -2.33. The van der Waals surface area contributed by atoms with Crippen molar-refractivity contribution in [2.45, 2.75) is 33.4 Å². The van der Waals surface area contributed by atoms with Crippen molar-refractivity contribution >= 4 is 22.9 Å². The summed E-state index contributed by atoms with van der Waals surface area (Å²) in [5.41, 5.74) is 2.52. The minimum atomic E-state index is -0.489. The first-order chi connectivity index (χ1) is 12.9. The number of benzene rings is 1. The van der Waals surface area contributed by atoms with E-state index in [0.29, 0.717) is 5.69 Å². The van der Waals surface area contributed by atoms with Gasteiger partial charge in [0.25, 0.3) is 0 Å². The van der Waals surface area contributed by atoms with Crippen LogP contribution in [0.1, 0.15) is 31.3 Å². The molecule has 0 saturated heterocycles. The van der Waals surface area contributed by atoms with E-state index in [1.165, 1.54) is 12.1 Å². The second-order valence-electron chi connectivity index (χ2n) is 6.49. The van der Waals surface area contributed by atoms with Crippen molar-refractivity contribution in [1.82, 2.24) is 14.5 Å². The van der Waals surface area contributed by atoms with Crippen molar-refractivity contribution < 1.29 is 18.7 Å². The number of nitrogens with one attached hydrogen (secondary N) is 1. The van der Waals surface area contributed by atoms with Gasteiger partial charge in [0.2, 0.25) is 5.91 Å². The van der Waals surface area contributed by atoms with Crippen LogP contribution >= 0.6 is 0 Å². The maximum Gasteiger partial charge on any atom is 0.355 e. The van der Waals surface area contributed by atoms with Gasteiger partial charge in [0, 0.05) is 17.9 Å². The molecular formula is C20H22FN3O3. The van der Waals surface area contributed by atoms with Crippen LogP contribution in [0.5, 0.6) is 0 Å². The number of fused-ring (bicyclic) bond motifs is 1. The van der Waals surface area contributed by atoms with Gasteiger partial charge in [0.15, 0.2) is 0 Å². The fourth-order valence-electron chi connectivity index (χ4n) is 3.03. The molecule has 0 bridgehead atoms. The Kier molecular flexibility index (Phi) is 5.30. The van der Waals surface area contributed by atoms with E-state index in [-0.39, 0.29) is 30.9 Å². The summed E-state index contributed by atoms with van der Waals surface area (Å²) in [6.07, 6.45) is 1.82. The molecule has 27 heavy (non-hydrogen) atoms. The molecule has 1 amide bonds. The molecule has 6 nitrogen and oxygen atoms in total. The summed E-state index contributed by atoms with van der Waals surface area (Å²) >= 11 is 0. The van der Waals surface area contributed by atoms with Crippen molar-refractivity contribution in [3.63, 3.8) is 0 Å². The highest BCUT2D eigenvalue weighted by Crippen LogP contribution is 2.25. The summed E-state index contributed by atoms with van der Waals surface area (Å²) in [5.74, 6) is -1.00. The number of nitrogens with zero attached hydrogens (tertiary/aromatic N) is 2. The van der Waals surface area contributed by atoms with E-state index in [1.54, 1.807) is 29.7 Å². The Hall–Kier alpha value is -3.09. The molecule has 0 atom stereocenters. The summed E-state index contributed by atoms with van der Waals surface area (Å²) in [6, 6.07) is 9.58. The molecule has 0 spiro atoms. The van der Waals surface area contributed by atoms with E-state index in [4.69, 9.17) is 4.74 Å². The maximum atomic E-state index is 13.2. The molecule has 142 valence electrons. The third kappa shape index (κ3) is 3.86. The Balaban J connectivity index is 2.08. The van der Waals surface area contributed by atoms with Crippen LogP contribution in [0.4, 0.5) is 4.39 Å². The number of rotatable bonds is 6. The van der Waals surface area contributed by atoms with Gasteiger partial charge in [-0.2, -0.15) is 0 Å². The first kappa shape index (κ1) is 18.7. The van der Waals surface area contributed by atoms with Crippen molar-refractivity contribution in [3.05, 3.63) is 54.1 Å². The molecule has 0 fully saturated rings. The minimum absolute atomic E-state index is 0.00147. The summed E-state index contributed by atoms with van der Waals surface area (Å²) in [7, 11) is 0. The van der Waals surface area contributed by atoms with Crippen LogP contribution in [0, 0.1) is 5.82 Å². The lowest BCUT2D eigenvalue weighted by atomic mass is 10.3. The van der Waals surface area contributed by atoms with Crippen LogP contribution in [0.25, 0.3) is 16.7 Å². The molecule has 1 aromatic carbocycles. The highest BCUT2D eigenvalue weighted by atomic mass is 19.1. The van der Waals surface area contributed by atoms with Gasteiger partial charge in [-0.05, 0) is 57.2 Å². The summed E-state index contributed by atoms with van der Waals surface area (Å²) in [5, 5.41) is 2.83. The van der Waals surface area contributed by atoms with Gasteiger partial charge in [0.1, 0.15) is 18.1 Å². The summed E-state index contributed by atoms with van der Waals surface area (Å²) in [4.78, 5) is 24.7. The van der Waals surface area contributed by atoms with E-state index >= 15 is 0 Å². The molecule has 3 aromatic rings. The lowest BCUT2D eigenvalue weighted by Gasteiger charge is -2.12. The van der Waals surface area contributed by atoms with Crippen molar-refractivity contribution in [2.24, 2.45) is 0 Å². The van der Waals surface area contributed by atoms with Crippen molar-refractivity contribution in [1.29, 1.82) is 0 Å². The van der Waals surface area contributed by atoms with Gasteiger partial charge in [-0.15, -0.1) is 0 Å². The summed E-state index contributed by atoms with van der Waals surface area (Å²) in [6.45, 7) is 5.73. The Morgan fingerprint density at radius 3 is 2.48 bits per heavy atom. The number of hydrogen-bond donors (Lipinski definition) is 1. The van der Waals surface area contributed by atoms with E-state index in [1.807, 2.05) is 30.7 Å². The first-order valence-electron chi connectivity index (χ1n) is 8.83. The van der Waals surface area contributed by atoms with Gasteiger partial charge in [0.05, 0.1) is 17.6 Å². The first-order valence-corrected chi connectivity index (χ1v) is 8.83. The molecule has 1 N–H and O–H groups in total. The van der Waals surface area contributed by atoms with E-state index in [9.17, 15) is 14.0 Å². The largest absolute Gasteiger partial charge is 0.461 e. The Labute approximate surface area is 156 Å². The Morgan fingerprint density at radius 1 is 1.15 bits per heavy atom. The van der Waals surface area contributed by atoms with Gasteiger partial charge >= 0.3 is 5.97 Å². The molecule has 3 rings (SSSR count). The second kappa shape index (κ2) is 7.65. The van der Waals surface area contributed by atoms with Gasteiger partial charge in [-0.25, -0.2) is 9.18 Å². The van der Waals surface area contributed by atoms with Crippen LogP contribution in [0.3, 0.4) is 0 Å². The fraction of sp³-hybridized carbons (Fsp3) is 0.300. The molecular weight excluding hydrogens is 349 g/mol. The number of carbonyl (C=O) groups is 2. The highest BCUT2D eigenvalue weighted by molar-refractivity contribution is 5.96. The van der Waals surface area contributed by atoms with Crippen LogP contribution < -0.4 is 5.32 Å². The normalized spacial score (nSPS) is 11.1. The maximum absolute atomic E-state index is 13.2. The lowest BCUT2D eigenvalue weighted by molar-refractivity contribution is -0.122. The van der Waals surface area contributed by atoms with E-state index in [0.717, 1.165) is 16.7 Å². The number of carbonyl (C=O) groups excluding carboxylic acids is 2. The van der Waals surface area contributed by atoms with E-state index < -0.39 is 5.97 Å². The molecule has 0 aliphatic rings. The van der Waals surface area contributed by atoms with Gasteiger partial charge < -0.3 is 19.2 Å². The SMILES string of the molecule is CCOC(=O)c1cc2c(ccn2-c2ccc(F)cc2)n1CC(=O)NC(C)C. The van der Waals surface area contributed by atoms with E-state index in [2.05, 4.69) is 5.32 Å². The molecule has 0 aliphatic heterocycles. The topological polar surface area (TPSA) is 65.3 Å². The average Bonchev–Trinajstić information content (AvgIpc) is 3.16. The van der Waals surface area contributed by atoms with Crippen molar-refractivity contribution in [2.75, 3.05) is 6.61 Å². The average molecular weight is 371 g/mol. The minimum Gasteiger partial charge on any atom is -0.461 e. The summed E-state index contributed by atoms with van der Waals surface area (Å²) < 4.78 is 21.9. The predicted molar refractivity (Wildman–Crippen MR) is 100 cm³/mol. The number of halogens is 1. The zero-order chi connectivity index (χ0) is 19.6. The zero-order valence-corrected chi connectivity index (χ0v) is 15.5. The predicted octanol–water partition coefficient (Wildman–Crippen LogP) is 3.27. The fourth-order valence-corrected chi connectivity index (χ4v) is 3.03. The smallest absolute Gasteiger partial charge is 0.355 e. The molecule has 2 heterocycles. The highest BCUT2D eigenvalue weighted by Gasteiger charge is 2.21. The Morgan fingerprint density at radius 2 is 1.85 bits per heavy atom. The third-order valence-corrected chi connectivity index (χ3v) is 4.10. The molecule has 0 aliphatic carbocycles. The zero-order valence-electron chi connectivity index (χ0n) is 15.5. The van der Waals surface area contributed by atoms with Gasteiger partial charge in [-0.1, -0.05) is 0 Å². The second-order valence-corrected chi connectivity index (χ2v) is 6.49. The molecule has 2 aromatic heterocycles. The monoisotopic (exact) mass is 371 g/mol. The standard InChI is InChI=1S/C20H22FN3O3/c1-4-27-20(26)18-11-17-16(24(18)12-19(25)22-13(2)3)9-10-23(17)15-7-5-14(21)6-8-15/h5-11,13H,4,12H2,1-3H3,(H,22,25). The van der Waals surface area contributed by atoms with Gasteiger partial charge in [-0.3, -0.25) is 4.79 Å².